The number of carbonyl (C=O) groups is 2. The molecular formula is C40H40FN9O3. The minimum absolute atomic E-state index is 0.0205. The van der Waals surface area contributed by atoms with Crippen molar-refractivity contribution in [3.05, 3.63) is 123 Å². The molecule has 5 heterocycles. The van der Waals surface area contributed by atoms with Crippen LogP contribution in [0.4, 0.5) is 10.1 Å². The Kier molecular flexibility index (Phi) is 9.15. The number of piperazine rings is 1. The molecule has 2 amide bonds. The fourth-order valence-electron chi connectivity index (χ4n) is 7.61. The summed E-state index contributed by atoms with van der Waals surface area (Å²) in [4.78, 5) is 58.6. The number of aromatic amines is 1. The minimum Gasteiger partial charge on any atom is -0.367 e. The van der Waals surface area contributed by atoms with Crippen molar-refractivity contribution in [3.8, 4) is 0 Å². The molecule has 0 radical (unpaired) electrons. The molecule has 0 unspecified atom stereocenters. The van der Waals surface area contributed by atoms with Crippen molar-refractivity contribution < 1.29 is 14.0 Å². The normalized spacial score (nSPS) is 15.1. The highest BCUT2D eigenvalue weighted by molar-refractivity contribution is 5.98. The molecule has 1 saturated heterocycles. The van der Waals surface area contributed by atoms with Gasteiger partial charge in [0.25, 0.3) is 17.4 Å². The zero-order valence-corrected chi connectivity index (χ0v) is 29.8. The summed E-state index contributed by atoms with van der Waals surface area (Å²) in [5.41, 5.74) is 4.33. The van der Waals surface area contributed by atoms with E-state index in [4.69, 9.17) is 9.97 Å². The van der Waals surface area contributed by atoms with Crippen LogP contribution in [0.15, 0.2) is 77.9 Å². The summed E-state index contributed by atoms with van der Waals surface area (Å²) < 4.78 is 17.2. The van der Waals surface area contributed by atoms with Gasteiger partial charge in [-0.1, -0.05) is 37.1 Å². The number of hydrogen-bond acceptors (Lipinski definition) is 8. The fourth-order valence-corrected chi connectivity index (χ4v) is 7.61. The Hall–Kier alpha value is -5.98. The number of nitrogens with one attached hydrogen (secondary N) is 1. The molecule has 13 heteroatoms. The first-order valence-electron chi connectivity index (χ1n) is 18.1. The van der Waals surface area contributed by atoms with Crippen LogP contribution in [0.2, 0.25) is 0 Å². The third kappa shape index (κ3) is 6.74. The molecule has 0 bridgehead atoms. The number of anilines is 1. The number of nitrogens with zero attached hydrogens (tertiary/aromatic N) is 8. The monoisotopic (exact) mass is 713 g/mol. The van der Waals surface area contributed by atoms with E-state index in [9.17, 15) is 14.4 Å². The van der Waals surface area contributed by atoms with Crippen LogP contribution in [-0.2, 0) is 12.8 Å². The van der Waals surface area contributed by atoms with E-state index in [0.717, 1.165) is 59.0 Å². The van der Waals surface area contributed by atoms with Gasteiger partial charge >= 0.3 is 0 Å². The van der Waals surface area contributed by atoms with E-state index >= 15 is 4.39 Å². The zero-order chi connectivity index (χ0) is 36.6. The summed E-state index contributed by atoms with van der Waals surface area (Å²) >= 11 is 0. The van der Waals surface area contributed by atoms with Gasteiger partial charge in [0, 0.05) is 75.4 Å². The average Bonchev–Trinajstić information content (AvgIpc) is 3.85. The van der Waals surface area contributed by atoms with Crippen LogP contribution in [0, 0.1) is 5.82 Å². The zero-order valence-electron chi connectivity index (χ0n) is 29.8. The maximum absolute atomic E-state index is 15.0. The second kappa shape index (κ2) is 14.2. The number of benzene rings is 2. The molecule has 0 spiro atoms. The second-order valence-corrected chi connectivity index (χ2v) is 14.1. The summed E-state index contributed by atoms with van der Waals surface area (Å²) in [5, 5.41) is 8.89. The molecule has 0 atom stereocenters. The summed E-state index contributed by atoms with van der Waals surface area (Å²) in [6, 6.07) is 17.9. The van der Waals surface area contributed by atoms with Gasteiger partial charge in [0.05, 0.1) is 34.9 Å². The smallest absolute Gasteiger partial charge is 0.272 e. The van der Waals surface area contributed by atoms with Crippen LogP contribution in [0.1, 0.15) is 75.3 Å². The first kappa shape index (κ1) is 34.1. The van der Waals surface area contributed by atoms with E-state index in [2.05, 4.69) is 24.6 Å². The van der Waals surface area contributed by atoms with Crippen molar-refractivity contribution in [2.45, 2.75) is 44.6 Å². The molecule has 12 nitrogen and oxygen atoms in total. The standard InChI is InChI=1S/C40H40FN9O3/c1-47(2)40(53)35-21-26-23-43-36(44-37(26)50(35)28-7-3-4-8-28)22-27-12-13-29(24-42-27)48-15-17-49(18-16-48)39(52)32-19-25(11-14-33(32)41)20-34-30-9-5-6-10-31(30)38(51)46-45-34/h5-6,9-14,19,21,23-24,28H,3-4,7-8,15-18,20,22H2,1-2H3,(H,46,51). The minimum atomic E-state index is -0.572. The number of halogens is 1. The van der Waals surface area contributed by atoms with E-state index in [-0.39, 0.29) is 29.0 Å². The number of amides is 2. The van der Waals surface area contributed by atoms with E-state index in [1.54, 1.807) is 54.4 Å². The van der Waals surface area contributed by atoms with Crippen LogP contribution < -0.4 is 10.5 Å². The summed E-state index contributed by atoms with van der Waals surface area (Å²) in [7, 11) is 3.54. The van der Waals surface area contributed by atoms with E-state index in [1.807, 2.05) is 36.5 Å². The molecule has 53 heavy (non-hydrogen) atoms. The third-order valence-electron chi connectivity index (χ3n) is 10.4. The second-order valence-electron chi connectivity index (χ2n) is 14.1. The molecule has 270 valence electrons. The number of hydrogen-bond donors (Lipinski definition) is 1. The molecule has 1 N–H and O–H groups in total. The number of carbonyl (C=O) groups excluding carboxylic acids is 2. The van der Waals surface area contributed by atoms with Crippen LogP contribution in [-0.4, -0.2) is 91.6 Å². The molecule has 8 rings (SSSR count). The van der Waals surface area contributed by atoms with Crippen LogP contribution in [0.25, 0.3) is 21.8 Å². The molecule has 6 aromatic rings. The van der Waals surface area contributed by atoms with Crippen molar-refractivity contribution >= 4 is 39.3 Å². The number of aromatic nitrogens is 6. The van der Waals surface area contributed by atoms with Crippen molar-refractivity contribution in [2.24, 2.45) is 0 Å². The van der Waals surface area contributed by atoms with Gasteiger partial charge in [0.1, 0.15) is 23.0 Å². The lowest BCUT2D eigenvalue weighted by molar-refractivity contribution is 0.0741. The number of fused-ring (bicyclic) bond motifs is 2. The highest BCUT2D eigenvalue weighted by atomic mass is 19.1. The SMILES string of the molecule is CN(C)C(=O)c1cc2cnc(Cc3ccc(N4CCN(C(=O)c5cc(Cc6n[nH]c(=O)c7ccccc67)ccc5F)CC4)cn3)nc2n1C1CCCC1. The summed E-state index contributed by atoms with van der Waals surface area (Å²) in [6.07, 6.45) is 8.76. The lowest BCUT2D eigenvalue weighted by atomic mass is 10.0. The predicted octanol–water partition coefficient (Wildman–Crippen LogP) is 5.16. The molecule has 2 aromatic carbocycles. The van der Waals surface area contributed by atoms with Gasteiger partial charge in [-0.3, -0.25) is 19.4 Å². The average molecular weight is 714 g/mol. The third-order valence-corrected chi connectivity index (χ3v) is 10.4. The Bertz CT molecular complexity index is 2390. The van der Waals surface area contributed by atoms with E-state index in [1.165, 1.54) is 6.07 Å². The van der Waals surface area contributed by atoms with Gasteiger partial charge in [-0.15, -0.1) is 0 Å². The fraction of sp³-hybridized carbons (Fsp3) is 0.325. The Balaban J connectivity index is 0.923. The molecule has 4 aromatic heterocycles. The van der Waals surface area contributed by atoms with E-state index < -0.39 is 5.82 Å². The number of rotatable bonds is 8. The number of pyridine rings is 1. The molecule has 1 saturated carbocycles. The van der Waals surface area contributed by atoms with Gasteiger partial charge in [-0.25, -0.2) is 19.5 Å². The van der Waals surface area contributed by atoms with Crippen molar-refractivity contribution in [1.29, 1.82) is 0 Å². The molecule has 2 fully saturated rings. The highest BCUT2D eigenvalue weighted by Gasteiger charge is 2.27. The lowest BCUT2D eigenvalue weighted by Gasteiger charge is -2.36. The van der Waals surface area contributed by atoms with Gasteiger partial charge in [-0.05, 0) is 54.8 Å². The maximum atomic E-state index is 15.0. The van der Waals surface area contributed by atoms with Crippen LogP contribution in [0.3, 0.4) is 0 Å². The summed E-state index contributed by atoms with van der Waals surface area (Å²) in [5.74, 6) is -0.319. The highest BCUT2D eigenvalue weighted by Crippen LogP contribution is 2.34. The molecule has 1 aliphatic carbocycles. The maximum Gasteiger partial charge on any atom is 0.272 e. The Morgan fingerprint density at radius 1 is 0.906 bits per heavy atom. The van der Waals surface area contributed by atoms with Gasteiger partial charge < -0.3 is 19.3 Å². The van der Waals surface area contributed by atoms with Gasteiger partial charge in [0.15, 0.2) is 0 Å². The van der Waals surface area contributed by atoms with Crippen molar-refractivity contribution in [2.75, 3.05) is 45.2 Å². The Morgan fingerprint density at radius 3 is 2.42 bits per heavy atom. The molecule has 1 aliphatic heterocycles. The Morgan fingerprint density at radius 2 is 1.68 bits per heavy atom. The van der Waals surface area contributed by atoms with Crippen molar-refractivity contribution in [3.63, 3.8) is 0 Å². The first-order chi connectivity index (χ1) is 25.7. The molecule has 2 aliphatic rings. The van der Waals surface area contributed by atoms with Crippen molar-refractivity contribution in [1.82, 2.24) is 39.5 Å². The topological polar surface area (TPSA) is 133 Å². The van der Waals surface area contributed by atoms with Crippen LogP contribution in [0.5, 0.6) is 0 Å². The predicted molar refractivity (Wildman–Crippen MR) is 200 cm³/mol. The molecular weight excluding hydrogens is 673 g/mol. The first-order valence-corrected chi connectivity index (χ1v) is 18.1. The lowest BCUT2D eigenvalue weighted by Crippen LogP contribution is -2.49. The summed E-state index contributed by atoms with van der Waals surface area (Å²) in [6.45, 7) is 2.02. The largest absolute Gasteiger partial charge is 0.367 e. The number of H-pyrrole nitrogens is 1. The van der Waals surface area contributed by atoms with Crippen LogP contribution >= 0.6 is 0 Å². The quantitative estimate of drug-likeness (QED) is 0.229. The van der Waals surface area contributed by atoms with E-state index in [0.29, 0.717) is 61.6 Å². The van der Waals surface area contributed by atoms with Gasteiger partial charge in [0.2, 0.25) is 0 Å². The Labute approximate surface area is 305 Å². The van der Waals surface area contributed by atoms with Gasteiger partial charge in [-0.2, -0.15) is 5.10 Å².